The number of carbonyl (C=O) groups excluding carboxylic acids is 1. The van der Waals surface area contributed by atoms with Gasteiger partial charge in [0, 0.05) is 48.6 Å². The van der Waals surface area contributed by atoms with E-state index in [1.165, 1.54) is 12.1 Å². The number of hydrogen-bond acceptors (Lipinski definition) is 5. The molecule has 1 aromatic carbocycles. The molecule has 3 N–H and O–H groups in total. The Bertz CT molecular complexity index is 638. The van der Waals surface area contributed by atoms with Crippen LogP contribution in [0.5, 0.6) is 0 Å². The summed E-state index contributed by atoms with van der Waals surface area (Å²) in [6.45, 7) is 1.30. The monoisotopic (exact) mass is 413 g/mol. The minimum Gasteiger partial charge on any atom is -0.355 e. The summed E-state index contributed by atoms with van der Waals surface area (Å²) in [5, 5.41) is 6.37. The van der Waals surface area contributed by atoms with Crippen molar-refractivity contribution in [2.24, 2.45) is 0 Å². The maximum atomic E-state index is 12.1. The molecular weight excluding hydrogens is 393 g/mol. The smallest absolute Gasteiger partial charge is 0.240 e. The zero-order valence-electron chi connectivity index (χ0n) is 13.0. The van der Waals surface area contributed by atoms with Crippen LogP contribution in [0, 0.1) is 0 Å². The SMILES string of the molecule is Cl.O=C(CC1CSCCN1)NCCNS(=O)(=O)c1cccc(Cl)c1. The molecule has 0 spiro atoms. The Morgan fingerprint density at radius 1 is 1.38 bits per heavy atom. The molecule has 0 aliphatic carbocycles. The first-order valence-corrected chi connectivity index (χ1v) is 10.3. The number of sulfonamides is 1. The molecule has 0 saturated carbocycles. The Hall–Kier alpha value is -0.510. The van der Waals surface area contributed by atoms with Gasteiger partial charge in [0.25, 0.3) is 0 Å². The van der Waals surface area contributed by atoms with Crippen LogP contribution >= 0.6 is 35.8 Å². The van der Waals surface area contributed by atoms with Crippen molar-refractivity contribution >= 4 is 51.7 Å². The van der Waals surface area contributed by atoms with Gasteiger partial charge in [-0.15, -0.1) is 12.4 Å². The highest BCUT2D eigenvalue weighted by Crippen LogP contribution is 2.14. The minimum atomic E-state index is -3.61. The van der Waals surface area contributed by atoms with E-state index in [4.69, 9.17) is 11.6 Å². The Balaban J connectivity index is 0.00000288. The van der Waals surface area contributed by atoms with Crippen LogP contribution in [0.25, 0.3) is 0 Å². The molecule has 1 saturated heterocycles. The zero-order chi connectivity index (χ0) is 16.7. The number of benzene rings is 1. The highest BCUT2D eigenvalue weighted by molar-refractivity contribution is 7.99. The molecule has 1 atom stereocenters. The molecule has 1 aliphatic heterocycles. The Kier molecular flexibility index (Phi) is 9.40. The average Bonchev–Trinajstić information content (AvgIpc) is 2.53. The number of halogens is 2. The lowest BCUT2D eigenvalue weighted by Gasteiger charge is -2.22. The first kappa shape index (κ1) is 21.5. The first-order chi connectivity index (χ1) is 11.0. The number of thioether (sulfide) groups is 1. The minimum absolute atomic E-state index is 0. The summed E-state index contributed by atoms with van der Waals surface area (Å²) < 4.78 is 26.5. The molecule has 1 fully saturated rings. The van der Waals surface area contributed by atoms with Gasteiger partial charge >= 0.3 is 0 Å². The lowest BCUT2D eigenvalue weighted by atomic mass is 10.2. The second kappa shape index (κ2) is 10.5. The van der Waals surface area contributed by atoms with Gasteiger partial charge in [-0.3, -0.25) is 4.79 Å². The topological polar surface area (TPSA) is 87.3 Å². The largest absolute Gasteiger partial charge is 0.355 e. The molecule has 1 aromatic rings. The van der Waals surface area contributed by atoms with E-state index in [0.29, 0.717) is 11.4 Å². The van der Waals surface area contributed by atoms with Gasteiger partial charge in [0.15, 0.2) is 0 Å². The summed E-state index contributed by atoms with van der Waals surface area (Å²) >= 11 is 7.62. The summed E-state index contributed by atoms with van der Waals surface area (Å²) in [6, 6.07) is 6.23. The molecule has 1 amide bonds. The van der Waals surface area contributed by atoms with E-state index in [9.17, 15) is 13.2 Å². The highest BCUT2D eigenvalue weighted by Gasteiger charge is 2.17. The van der Waals surface area contributed by atoms with E-state index < -0.39 is 10.0 Å². The molecule has 2 rings (SSSR count). The number of hydrogen-bond donors (Lipinski definition) is 3. The van der Waals surface area contributed by atoms with Crippen molar-refractivity contribution in [2.45, 2.75) is 17.4 Å². The summed E-state index contributed by atoms with van der Waals surface area (Å²) in [4.78, 5) is 11.9. The normalized spacial score (nSPS) is 17.8. The summed E-state index contributed by atoms with van der Waals surface area (Å²) in [7, 11) is -3.61. The van der Waals surface area contributed by atoms with Crippen LogP contribution in [-0.2, 0) is 14.8 Å². The van der Waals surface area contributed by atoms with E-state index in [1.54, 1.807) is 12.1 Å². The number of rotatable bonds is 7. The lowest BCUT2D eigenvalue weighted by molar-refractivity contribution is -0.121. The molecule has 6 nitrogen and oxygen atoms in total. The van der Waals surface area contributed by atoms with E-state index in [1.807, 2.05) is 11.8 Å². The molecule has 10 heteroatoms. The second-order valence-corrected chi connectivity index (χ2v) is 8.49. The van der Waals surface area contributed by atoms with Gasteiger partial charge in [-0.25, -0.2) is 13.1 Å². The van der Waals surface area contributed by atoms with Crippen LogP contribution in [-0.4, -0.2) is 51.5 Å². The molecule has 1 heterocycles. The van der Waals surface area contributed by atoms with Crippen molar-refractivity contribution in [1.29, 1.82) is 0 Å². The Morgan fingerprint density at radius 2 is 2.17 bits per heavy atom. The van der Waals surface area contributed by atoms with Gasteiger partial charge in [-0.2, -0.15) is 11.8 Å². The summed E-state index contributed by atoms with van der Waals surface area (Å²) in [5.41, 5.74) is 0. The van der Waals surface area contributed by atoms with Crippen molar-refractivity contribution in [3.05, 3.63) is 29.3 Å². The Morgan fingerprint density at radius 3 is 2.83 bits per heavy atom. The van der Waals surface area contributed by atoms with E-state index in [-0.39, 0.29) is 42.3 Å². The maximum absolute atomic E-state index is 12.1. The molecule has 24 heavy (non-hydrogen) atoms. The number of amides is 1. The van der Waals surface area contributed by atoms with Gasteiger partial charge < -0.3 is 10.6 Å². The third-order valence-electron chi connectivity index (χ3n) is 3.28. The summed E-state index contributed by atoms with van der Waals surface area (Å²) in [6.07, 6.45) is 0.411. The number of nitrogens with one attached hydrogen (secondary N) is 3. The quantitative estimate of drug-likeness (QED) is 0.585. The van der Waals surface area contributed by atoms with Crippen LogP contribution in [0.15, 0.2) is 29.2 Å². The predicted octanol–water partition coefficient (Wildman–Crippen LogP) is 1.25. The number of carbonyl (C=O) groups is 1. The maximum Gasteiger partial charge on any atom is 0.240 e. The molecule has 0 bridgehead atoms. The lowest BCUT2D eigenvalue weighted by Crippen LogP contribution is -2.42. The van der Waals surface area contributed by atoms with Gasteiger partial charge in [0.05, 0.1) is 4.90 Å². The summed E-state index contributed by atoms with van der Waals surface area (Å²) in [5.74, 6) is 1.92. The molecule has 0 aromatic heterocycles. The Labute approximate surface area is 157 Å². The van der Waals surface area contributed by atoms with Crippen molar-refractivity contribution in [2.75, 3.05) is 31.1 Å². The van der Waals surface area contributed by atoms with Crippen molar-refractivity contribution in [3.8, 4) is 0 Å². The van der Waals surface area contributed by atoms with Crippen LogP contribution in [0.2, 0.25) is 5.02 Å². The van der Waals surface area contributed by atoms with Crippen molar-refractivity contribution in [1.82, 2.24) is 15.4 Å². The molecule has 1 aliphatic rings. The van der Waals surface area contributed by atoms with Crippen molar-refractivity contribution in [3.63, 3.8) is 0 Å². The van der Waals surface area contributed by atoms with Gasteiger partial charge in [-0.1, -0.05) is 17.7 Å². The van der Waals surface area contributed by atoms with Crippen LogP contribution in [0.4, 0.5) is 0 Å². The van der Waals surface area contributed by atoms with Crippen LogP contribution in [0.3, 0.4) is 0 Å². The highest BCUT2D eigenvalue weighted by atomic mass is 35.5. The fourth-order valence-corrected chi connectivity index (χ4v) is 4.43. The van der Waals surface area contributed by atoms with E-state index in [0.717, 1.165) is 18.1 Å². The van der Waals surface area contributed by atoms with E-state index in [2.05, 4.69) is 15.4 Å². The van der Waals surface area contributed by atoms with Crippen LogP contribution < -0.4 is 15.4 Å². The molecule has 1 unspecified atom stereocenters. The average molecular weight is 414 g/mol. The van der Waals surface area contributed by atoms with E-state index >= 15 is 0 Å². The first-order valence-electron chi connectivity index (χ1n) is 7.30. The van der Waals surface area contributed by atoms with Gasteiger partial charge in [0.1, 0.15) is 0 Å². The molecule has 136 valence electrons. The standard InChI is InChI=1S/C14H20ClN3O3S2.ClH/c15-11-2-1-3-13(8-11)23(20,21)18-5-4-17-14(19)9-12-10-22-7-6-16-12;/h1-3,8,12,16,18H,4-7,9-10H2,(H,17,19);1H. The fourth-order valence-electron chi connectivity index (χ4n) is 2.15. The molecular formula is C14H21Cl2N3O3S2. The third kappa shape index (κ3) is 7.16. The van der Waals surface area contributed by atoms with Gasteiger partial charge in [-0.05, 0) is 18.2 Å². The van der Waals surface area contributed by atoms with Gasteiger partial charge in [0.2, 0.25) is 15.9 Å². The van der Waals surface area contributed by atoms with Crippen LogP contribution in [0.1, 0.15) is 6.42 Å². The van der Waals surface area contributed by atoms with Crippen molar-refractivity contribution < 1.29 is 13.2 Å². The second-order valence-electron chi connectivity index (χ2n) is 5.14. The zero-order valence-corrected chi connectivity index (χ0v) is 16.2. The third-order valence-corrected chi connectivity index (χ3v) is 6.10. The fraction of sp³-hybridized carbons (Fsp3) is 0.500. The molecule has 0 radical (unpaired) electrons. The predicted molar refractivity (Wildman–Crippen MR) is 101 cm³/mol.